The molecule has 2 heterocycles. The highest BCUT2D eigenvalue weighted by Crippen LogP contribution is 2.16. The van der Waals surface area contributed by atoms with Crippen LogP contribution in [0, 0.1) is 0 Å². The van der Waals surface area contributed by atoms with Gasteiger partial charge < -0.3 is 14.6 Å². The van der Waals surface area contributed by atoms with Gasteiger partial charge in [0, 0.05) is 39.1 Å². The predicted molar refractivity (Wildman–Crippen MR) is 111 cm³/mol. The van der Waals surface area contributed by atoms with Crippen LogP contribution in [-0.2, 0) is 16.4 Å². The van der Waals surface area contributed by atoms with Crippen LogP contribution in [0.1, 0.15) is 19.1 Å². The third kappa shape index (κ3) is 6.63. The molecule has 1 aromatic rings. The number of hydrogen-bond acceptors (Lipinski definition) is 4. The maximum absolute atomic E-state index is 12.2. The summed E-state index contributed by atoms with van der Waals surface area (Å²) in [5, 5.41) is 2.80. The second-order valence-corrected chi connectivity index (χ2v) is 7.65. The number of likely N-dealkylation sites (tertiary alicyclic amines) is 1. The van der Waals surface area contributed by atoms with Crippen LogP contribution in [-0.4, -0.2) is 57.3 Å². The first-order valence-corrected chi connectivity index (χ1v) is 9.76. The minimum atomic E-state index is -3.26. The van der Waals surface area contributed by atoms with Crippen LogP contribution in [0.3, 0.4) is 0 Å². The van der Waals surface area contributed by atoms with E-state index < -0.39 is 15.3 Å². The van der Waals surface area contributed by atoms with Crippen LogP contribution in [0.15, 0.2) is 40.5 Å². The van der Waals surface area contributed by atoms with Crippen molar-refractivity contribution in [2.45, 2.75) is 25.0 Å². The lowest BCUT2D eigenvalue weighted by Crippen LogP contribution is -2.42. The number of rotatable bonds is 8. The van der Waals surface area contributed by atoms with Crippen molar-refractivity contribution in [2.75, 3.05) is 32.7 Å². The molecule has 0 spiro atoms. The molecule has 0 aliphatic carbocycles. The van der Waals surface area contributed by atoms with Crippen molar-refractivity contribution in [3.8, 4) is 0 Å². The average Bonchev–Trinajstić information content (AvgIpc) is 3.22. The van der Waals surface area contributed by atoms with Crippen LogP contribution < -0.4 is 10.0 Å². The summed E-state index contributed by atoms with van der Waals surface area (Å²) in [5.41, 5.74) is 0. The Labute approximate surface area is 167 Å². The third-order valence-corrected chi connectivity index (χ3v) is 5.79. The minimum Gasteiger partial charge on any atom is -0.469 e. The van der Waals surface area contributed by atoms with Crippen LogP contribution in [0.25, 0.3) is 0 Å². The number of sulfonamides is 1. The van der Waals surface area contributed by atoms with Crippen molar-refractivity contribution >= 4 is 40.0 Å². The maximum atomic E-state index is 12.2. The lowest BCUT2D eigenvalue weighted by atomic mass is 10.3. The van der Waals surface area contributed by atoms with Crippen molar-refractivity contribution in [3.05, 3.63) is 36.8 Å². The molecule has 1 aliphatic rings. The minimum absolute atomic E-state index is 0. The molecule has 2 N–H and O–H groups in total. The summed E-state index contributed by atoms with van der Waals surface area (Å²) in [4.78, 5) is 6.58. The van der Waals surface area contributed by atoms with E-state index in [4.69, 9.17) is 4.42 Å². The molecule has 1 unspecified atom stereocenters. The van der Waals surface area contributed by atoms with Gasteiger partial charge in [0.2, 0.25) is 10.0 Å². The van der Waals surface area contributed by atoms with Gasteiger partial charge in [-0.05, 0) is 18.6 Å². The van der Waals surface area contributed by atoms with Crippen LogP contribution in [0.2, 0.25) is 0 Å². The molecule has 0 aromatic carbocycles. The molecule has 9 heteroatoms. The Balaban J connectivity index is 0.00000312. The monoisotopic (exact) mass is 482 g/mol. The summed E-state index contributed by atoms with van der Waals surface area (Å²) < 4.78 is 32.2. The molecule has 1 fully saturated rings. The Bertz CT molecular complexity index is 646. The first-order valence-electron chi connectivity index (χ1n) is 8.21. The van der Waals surface area contributed by atoms with E-state index >= 15 is 0 Å². The fourth-order valence-corrected chi connectivity index (χ4v) is 4.08. The molecule has 0 saturated carbocycles. The molecule has 1 saturated heterocycles. The topological polar surface area (TPSA) is 86.9 Å². The van der Waals surface area contributed by atoms with E-state index in [1.165, 1.54) is 0 Å². The van der Waals surface area contributed by atoms with Gasteiger partial charge in [0.25, 0.3) is 0 Å². The quantitative estimate of drug-likeness (QED) is 0.254. The fraction of sp³-hybridized carbons (Fsp3) is 0.562. The molecule has 25 heavy (non-hydrogen) atoms. The van der Waals surface area contributed by atoms with E-state index in [2.05, 4.69) is 21.6 Å². The van der Waals surface area contributed by atoms with Crippen molar-refractivity contribution in [1.29, 1.82) is 0 Å². The Morgan fingerprint density at radius 2 is 2.36 bits per heavy atom. The molecule has 142 valence electrons. The highest BCUT2D eigenvalue weighted by Gasteiger charge is 2.33. The number of halogens is 1. The molecule has 0 bridgehead atoms. The van der Waals surface area contributed by atoms with Gasteiger partial charge in [-0.3, -0.25) is 4.99 Å². The van der Waals surface area contributed by atoms with Gasteiger partial charge in [-0.15, -0.1) is 30.6 Å². The van der Waals surface area contributed by atoms with Crippen molar-refractivity contribution < 1.29 is 12.8 Å². The number of hydrogen-bond donors (Lipinski definition) is 2. The Morgan fingerprint density at radius 1 is 1.56 bits per heavy atom. The molecular weight excluding hydrogens is 455 g/mol. The van der Waals surface area contributed by atoms with Gasteiger partial charge in [-0.1, -0.05) is 13.0 Å². The number of nitrogens with zero attached hydrogens (tertiary/aromatic N) is 2. The highest BCUT2D eigenvalue weighted by molar-refractivity contribution is 14.0. The van der Waals surface area contributed by atoms with E-state index in [-0.39, 0.29) is 24.0 Å². The summed E-state index contributed by atoms with van der Waals surface area (Å²) in [6.07, 6.45) is 4.71. The second kappa shape index (κ2) is 10.8. The molecule has 0 amide bonds. The summed E-state index contributed by atoms with van der Waals surface area (Å²) >= 11 is 0. The molecule has 2 rings (SSSR count). The number of nitrogens with one attached hydrogen (secondary N) is 2. The van der Waals surface area contributed by atoms with Crippen LogP contribution in [0.5, 0.6) is 0 Å². The Kier molecular flexibility index (Phi) is 9.51. The maximum Gasteiger partial charge on any atom is 0.216 e. The standard InChI is InChI=1S/C16H26N4O3S.HI/c1-3-9-17-16(18-10-7-14-6-5-12-23-14)20-11-8-15(13-20)24(21,22)19-4-2;/h3,5-6,12,15,19H,1,4,7-11,13H2,2H3,(H,17,18);1H. The second-order valence-electron chi connectivity index (χ2n) is 5.60. The van der Waals surface area contributed by atoms with Gasteiger partial charge in [0.1, 0.15) is 5.76 Å². The number of furan rings is 1. The van der Waals surface area contributed by atoms with Gasteiger partial charge in [0.05, 0.1) is 11.5 Å². The SMILES string of the molecule is C=CCNC(=NCCc1ccco1)N1CCC(S(=O)(=O)NCC)C1.I. The Hall–Kier alpha value is -1.07. The van der Waals surface area contributed by atoms with Gasteiger partial charge in [-0.25, -0.2) is 13.1 Å². The number of guanidine groups is 1. The third-order valence-electron chi connectivity index (χ3n) is 3.83. The molecule has 7 nitrogen and oxygen atoms in total. The van der Waals surface area contributed by atoms with Gasteiger partial charge in [-0.2, -0.15) is 0 Å². The fourth-order valence-electron chi connectivity index (χ4n) is 2.65. The molecule has 1 aromatic heterocycles. The Morgan fingerprint density at radius 3 is 3.00 bits per heavy atom. The van der Waals surface area contributed by atoms with E-state index in [1.54, 1.807) is 19.3 Å². The molecule has 1 aliphatic heterocycles. The average molecular weight is 482 g/mol. The van der Waals surface area contributed by atoms with Crippen LogP contribution >= 0.6 is 24.0 Å². The zero-order chi connectivity index (χ0) is 17.4. The van der Waals surface area contributed by atoms with Crippen LogP contribution in [0.4, 0.5) is 0 Å². The van der Waals surface area contributed by atoms with Crippen molar-refractivity contribution in [2.24, 2.45) is 4.99 Å². The van der Waals surface area contributed by atoms with E-state index in [0.29, 0.717) is 45.6 Å². The summed E-state index contributed by atoms with van der Waals surface area (Å²) in [7, 11) is -3.26. The zero-order valence-corrected chi connectivity index (χ0v) is 17.6. The predicted octanol–water partition coefficient (Wildman–Crippen LogP) is 1.59. The summed E-state index contributed by atoms with van der Waals surface area (Å²) in [5.74, 6) is 1.60. The first-order chi connectivity index (χ1) is 11.6. The summed E-state index contributed by atoms with van der Waals surface area (Å²) in [6, 6.07) is 3.77. The number of aliphatic imine (C=N–C) groups is 1. The van der Waals surface area contributed by atoms with E-state index in [1.807, 2.05) is 17.0 Å². The summed E-state index contributed by atoms with van der Waals surface area (Å²) in [6.45, 7) is 8.18. The zero-order valence-electron chi connectivity index (χ0n) is 14.5. The van der Waals surface area contributed by atoms with Crippen molar-refractivity contribution in [3.63, 3.8) is 0 Å². The highest BCUT2D eigenvalue weighted by atomic mass is 127. The lowest BCUT2D eigenvalue weighted by Gasteiger charge is -2.21. The normalized spacial score (nSPS) is 18.0. The largest absolute Gasteiger partial charge is 0.469 e. The van der Waals surface area contributed by atoms with Gasteiger partial charge >= 0.3 is 0 Å². The van der Waals surface area contributed by atoms with E-state index in [9.17, 15) is 8.42 Å². The molecule has 0 radical (unpaired) electrons. The smallest absolute Gasteiger partial charge is 0.216 e. The molecular formula is C16H27IN4O3S. The first kappa shape index (κ1) is 22.0. The van der Waals surface area contributed by atoms with Crippen molar-refractivity contribution in [1.82, 2.24) is 14.9 Å². The lowest BCUT2D eigenvalue weighted by molar-refractivity contribution is 0.488. The van der Waals surface area contributed by atoms with E-state index in [0.717, 1.165) is 11.7 Å². The molecule has 1 atom stereocenters. The van der Waals surface area contributed by atoms with Gasteiger partial charge in [0.15, 0.2) is 5.96 Å².